The van der Waals surface area contributed by atoms with Crippen LogP contribution in [0.15, 0.2) is 48.6 Å². The standard InChI is InChI=1S/C78H151N2O6P/c1-6-8-10-12-14-16-18-20-22-24-26-28-30-32-34-35-36-37-38-39-40-41-42-43-44-45-46-48-50-52-54-56-58-60-62-64-66-68-70-72-78(82)79-76(75-86-87(83,84)85-74-73-80(3,4)5)77(81)71-69-67-65-63-61-59-57-55-53-51-49-47-33-31-29-27-25-23-21-19-17-15-13-11-9-7-2/h8,10,14,16,20,22,26,28,76-77,81H,6-7,9,11-13,15,17-19,21,23-25,27,29-75H2,1-5H3,(H-,79,82,83,84)/p+1/b10-8-,16-14-,22-20-,28-26-. The van der Waals surface area contributed by atoms with Gasteiger partial charge < -0.3 is 19.8 Å². The van der Waals surface area contributed by atoms with Crippen molar-refractivity contribution in [2.75, 3.05) is 40.9 Å². The average molecular weight is 1250 g/mol. The summed E-state index contributed by atoms with van der Waals surface area (Å²) in [6, 6.07) is -0.761. The molecule has 0 saturated carbocycles. The summed E-state index contributed by atoms with van der Waals surface area (Å²) >= 11 is 0. The number of aliphatic hydroxyl groups excluding tert-OH is 1. The van der Waals surface area contributed by atoms with Crippen molar-refractivity contribution in [2.45, 2.75) is 405 Å². The maximum atomic E-state index is 13.1. The van der Waals surface area contributed by atoms with Gasteiger partial charge in [-0.15, -0.1) is 0 Å². The zero-order chi connectivity index (χ0) is 63.4. The molecule has 0 saturated heterocycles. The molecule has 0 aliphatic rings. The molecule has 3 atom stereocenters. The molecular formula is C78H152N2O6P+. The summed E-state index contributed by atoms with van der Waals surface area (Å²) in [6.45, 7) is 4.84. The van der Waals surface area contributed by atoms with Crippen molar-refractivity contribution in [3.05, 3.63) is 48.6 Å². The SMILES string of the molecule is CC/C=C\C/C=C\C/C=C\C/C=C\CCCCCCCCCCCCCCCCCCCCCCCCCCCCC(=O)NC(COP(=O)(O)OCC[N+](C)(C)C)C(O)CCCCCCCCCCCCCCCCCCCCCCCCCCCC. The van der Waals surface area contributed by atoms with Crippen molar-refractivity contribution in [2.24, 2.45) is 0 Å². The lowest BCUT2D eigenvalue weighted by Gasteiger charge is -2.26. The van der Waals surface area contributed by atoms with E-state index in [0.717, 1.165) is 64.2 Å². The number of phosphoric acid groups is 1. The highest BCUT2D eigenvalue weighted by molar-refractivity contribution is 7.47. The predicted octanol–water partition coefficient (Wildman–Crippen LogP) is 25.0. The van der Waals surface area contributed by atoms with Crippen LogP contribution in [0.3, 0.4) is 0 Å². The second-order valence-corrected chi connectivity index (χ2v) is 29.2. The molecule has 514 valence electrons. The van der Waals surface area contributed by atoms with E-state index in [1.807, 2.05) is 21.1 Å². The smallest absolute Gasteiger partial charge is 0.391 e. The first-order chi connectivity index (χ1) is 42.5. The van der Waals surface area contributed by atoms with Crippen LogP contribution < -0.4 is 5.32 Å². The number of hydrogen-bond donors (Lipinski definition) is 3. The van der Waals surface area contributed by atoms with Gasteiger partial charge in [-0.1, -0.05) is 383 Å². The van der Waals surface area contributed by atoms with Crippen molar-refractivity contribution < 1.29 is 32.9 Å². The molecule has 0 bridgehead atoms. The minimum absolute atomic E-state index is 0.0773. The molecule has 0 aromatic carbocycles. The van der Waals surface area contributed by atoms with Crippen LogP contribution in [0.4, 0.5) is 0 Å². The highest BCUT2D eigenvalue weighted by atomic mass is 31.2. The molecule has 0 radical (unpaired) electrons. The monoisotopic (exact) mass is 1240 g/mol. The fourth-order valence-electron chi connectivity index (χ4n) is 11.9. The largest absolute Gasteiger partial charge is 0.472 e. The van der Waals surface area contributed by atoms with Crippen molar-refractivity contribution in [3.63, 3.8) is 0 Å². The zero-order valence-electron chi connectivity index (χ0n) is 59.0. The molecule has 3 unspecified atom stereocenters. The number of unbranched alkanes of at least 4 members (excludes halogenated alkanes) is 51. The third-order valence-electron chi connectivity index (χ3n) is 17.8. The topological polar surface area (TPSA) is 105 Å². The molecule has 8 nitrogen and oxygen atoms in total. The van der Waals surface area contributed by atoms with E-state index in [4.69, 9.17) is 9.05 Å². The number of quaternary nitrogens is 1. The lowest BCUT2D eigenvalue weighted by molar-refractivity contribution is -0.870. The number of carbonyl (C=O) groups excluding carboxylic acids is 1. The molecule has 1 amide bonds. The van der Waals surface area contributed by atoms with Crippen molar-refractivity contribution in [1.29, 1.82) is 0 Å². The molecule has 0 fully saturated rings. The quantitative estimate of drug-likeness (QED) is 0.0243. The Hall–Kier alpha value is -1.54. The number of phosphoric ester groups is 1. The van der Waals surface area contributed by atoms with Gasteiger partial charge in [0.2, 0.25) is 5.91 Å². The van der Waals surface area contributed by atoms with Crippen LogP contribution in [0.25, 0.3) is 0 Å². The molecule has 0 aromatic rings. The minimum Gasteiger partial charge on any atom is -0.391 e. The number of aliphatic hydroxyl groups is 1. The van der Waals surface area contributed by atoms with Gasteiger partial charge in [0.1, 0.15) is 13.2 Å². The highest BCUT2D eigenvalue weighted by Gasteiger charge is 2.28. The second kappa shape index (κ2) is 68.8. The van der Waals surface area contributed by atoms with Crippen LogP contribution in [-0.2, 0) is 18.4 Å². The van der Waals surface area contributed by atoms with E-state index in [1.54, 1.807) is 0 Å². The Labute approximate surface area is 543 Å². The number of allylic oxidation sites excluding steroid dienone is 8. The molecule has 87 heavy (non-hydrogen) atoms. The van der Waals surface area contributed by atoms with E-state index < -0.39 is 20.0 Å². The number of likely N-dealkylation sites (N-methyl/N-ethyl adjacent to an activating group) is 1. The van der Waals surface area contributed by atoms with Gasteiger partial charge >= 0.3 is 7.82 Å². The van der Waals surface area contributed by atoms with Gasteiger partial charge in [0.25, 0.3) is 0 Å². The second-order valence-electron chi connectivity index (χ2n) is 27.7. The number of nitrogens with zero attached hydrogens (tertiary/aromatic N) is 1. The van der Waals surface area contributed by atoms with E-state index in [0.29, 0.717) is 23.9 Å². The molecule has 0 heterocycles. The summed E-state index contributed by atoms with van der Waals surface area (Å²) in [5.41, 5.74) is 0. The first-order valence-corrected chi connectivity index (χ1v) is 40.0. The van der Waals surface area contributed by atoms with E-state index in [2.05, 4.69) is 67.8 Å². The molecule has 0 aromatic heterocycles. The van der Waals surface area contributed by atoms with Gasteiger partial charge in [0.15, 0.2) is 0 Å². The Balaban J connectivity index is 3.90. The lowest BCUT2D eigenvalue weighted by atomic mass is 10.0. The molecule has 3 N–H and O–H groups in total. The minimum atomic E-state index is -4.33. The third-order valence-corrected chi connectivity index (χ3v) is 18.8. The molecule has 0 spiro atoms. The van der Waals surface area contributed by atoms with Crippen LogP contribution in [0.1, 0.15) is 393 Å². The molecule has 0 aliphatic carbocycles. The Morgan fingerprint density at radius 3 is 1.01 bits per heavy atom. The van der Waals surface area contributed by atoms with Crippen LogP contribution in [0, 0.1) is 0 Å². The van der Waals surface area contributed by atoms with E-state index in [1.165, 1.54) is 302 Å². The first-order valence-electron chi connectivity index (χ1n) is 38.5. The summed E-state index contributed by atoms with van der Waals surface area (Å²) in [5.74, 6) is -0.135. The van der Waals surface area contributed by atoms with E-state index in [9.17, 15) is 19.4 Å². The Bertz CT molecular complexity index is 1560. The first kappa shape index (κ1) is 85.5. The van der Waals surface area contributed by atoms with Crippen LogP contribution >= 0.6 is 7.82 Å². The van der Waals surface area contributed by atoms with Gasteiger partial charge in [0, 0.05) is 6.42 Å². The number of carbonyl (C=O) groups is 1. The number of hydrogen-bond acceptors (Lipinski definition) is 5. The van der Waals surface area contributed by atoms with Crippen molar-refractivity contribution in [1.82, 2.24) is 5.32 Å². The lowest BCUT2D eigenvalue weighted by Crippen LogP contribution is -2.46. The van der Waals surface area contributed by atoms with Gasteiger partial charge in [-0.25, -0.2) is 4.57 Å². The Morgan fingerprint density at radius 1 is 0.402 bits per heavy atom. The van der Waals surface area contributed by atoms with Gasteiger partial charge in [-0.05, 0) is 51.4 Å². The molecule has 9 heteroatoms. The molecule has 0 aliphatic heterocycles. The van der Waals surface area contributed by atoms with Gasteiger partial charge in [0.05, 0.1) is 39.9 Å². The third kappa shape index (κ3) is 71.8. The van der Waals surface area contributed by atoms with E-state index >= 15 is 0 Å². The Morgan fingerprint density at radius 2 is 0.690 bits per heavy atom. The van der Waals surface area contributed by atoms with Crippen LogP contribution in [0.5, 0.6) is 0 Å². The number of nitrogens with one attached hydrogen (secondary N) is 1. The highest BCUT2D eigenvalue weighted by Crippen LogP contribution is 2.43. The Kier molecular flexibility index (Phi) is 67.6. The van der Waals surface area contributed by atoms with Crippen molar-refractivity contribution >= 4 is 13.7 Å². The fourth-order valence-corrected chi connectivity index (χ4v) is 12.7. The summed E-state index contributed by atoms with van der Waals surface area (Å²) < 4.78 is 23.9. The van der Waals surface area contributed by atoms with Crippen molar-refractivity contribution in [3.8, 4) is 0 Å². The van der Waals surface area contributed by atoms with Crippen LogP contribution in [-0.4, -0.2) is 73.4 Å². The summed E-state index contributed by atoms with van der Waals surface area (Å²) in [5, 5.41) is 14.2. The normalized spacial score (nSPS) is 13.8. The van der Waals surface area contributed by atoms with Crippen LogP contribution in [0.2, 0.25) is 0 Å². The molecular weight excluding hydrogens is 1090 g/mol. The summed E-state index contributed by atoms with van der Waals surface area (Å²) in [4.78, 5) is 23.5. The zero-order valence-corrected chi connectivity index (χ0v) is 59.9. The number of amides is 1. The maximum absolute atomic E-state index is 13.1. The fraction of sp³-hybridized carbons (Fsp3) is 0.885. The van der Waals surface area contributed by atoms with E-state index in [-0.39, 0.29) is 19.1 Å². The van der Waals surface area contributed by atoms with Gasteiger partial charge in [-0.2, -0.15) is 0 Å². The summed E-state index contributed by atoms with van der Waals surface area (Å²) in [7, 11) is 1.64. The average Bonchev–Trinajstić information content (AvgIpc) is 3.69. The number of rotatable bonds is 72. The van der Waals surface area contributed by atoms with Gasteiger partial charge in [-0.3, -0.25) is 13.8 Å². The predicted molar refractivity (Wildman–Crippen MR) is 383 cm³/mol. The maximum Gasteiger partial charge on any atom is 0.472 e. The molecule has 0 rings (SSSR count). The summed E-state index contributed by atoms with van der Waals surface area (Å²) in [6.07, 6.45) is 93.9.